The Morgan fingerprint density at radius 2 is 0.813 bits per heavy atom. The Labute approximate surface area is 453 Å². The van der Waals surface area contributed by atoms with Gasteiger partial charge >= 0.3 is 28.8 Å². The number of para-hydroxylation sites is 2. The van der Waals surface area contributed by atoms with Crippen LogP contribution in [0.3, 0.4) is 0 Å². The van der Waals surface area contributed by atoms with Gasteiger partial charge in [-0.2, -0.15) is 0 Å². The number of nitrogens with zero attached hydrogens (tertiary/aromatic N) is 2. The van der Waals surface area contributed by atoms with Gasteiger partial charge in [-0.25, -0.2) is 19.6 Å². The maximum absolute atomic E-state index is 12.8. The maximum atomic E-state index is 12.8. The van der Waals surface area contributed by atoms with E-state index in [1.54, 1.807) is 12.1 Å². The van der Waals surface area contributed by atoms with Crippen LogP contribution in [0.25, 0.3) is 10.8 Å². The third kappa shape index (κ3) is 13.9. The van der Waals surface area contributed by atoms with Gasteiger partial charge in [-0.15, -0.1) is 0 Å². The second kappa shape index (κ2) is 23.8. The van der Waals surface area contributed by atoms with Crippen LogP contribution in [-0.4, -0.2) is 47.2 Å². The summed E-state index contributed by atoms with van der Waals surface area (Å²) in [4.78, 5) is 32.4. The summed E-state index contributed by atoms with van der Waals surface area (Å²) in [7, 11) is 0. The third-order valence-corrected chi connectivity index (χ3v) is 12.5. The largest absolute Gasteiger partial charge is 2.00 e. The van der Waals surface area contributed by atoms with Crippen LogP contribution in [0.5, 0.6) is 34.5 Å². The minimum Gasteiger partial charge on any atom is -0.870 e. The van der Waals surface area contributed by atoms with E-state index < -0.39 is 45.5 Å². The molecular formula is C62H74N2NiO10. The molecule has 0 unspecified atom stereocenters. The van der Waals surface area contributed by atoms with Crippen molar-refractivity contribution in [3.63, 3.8) is 0 Å². The van der Waals surface area contributed by atoms with Gasteiger partial charge in [-0.1, -0.05) is 167 Å². The fraction of sp³-hybridized carbons (Fsp3) is 0.387. The third-order valence-electron chi connectivity index (χ3n) is 12.5. The van der Waals surface area contributed by atoms with Crippen molar-refractivity contribution in [3.05, 3.63) is 141 Å². The van der Waals surface area contributed by atoms with E-state index in [4.69, 9.17) is 39.1 Å². The van der Waals surface area contributed by atoms with Crippen molar-refractivity contribution in [1.82, 2.24) is 0 Å². The van der Waals surface area contributed by atoms with Gasteiger partial charge < -0.3 is 39.4 Å². The quantitative estimate of drug-likeness (QED) is 0.0845. The number of aryl methyl sites for hydroxylation is 4. The molecule has 0 atom stereocenters. The molecule has 2 N–H and O–H groups in total. The first-order valence-electron chi connectivity index (χ1n) is 25.0. The minimum atomic E-state index is -1.49. The Bertz CT molecular complexity index is 2900. The van der Waals surface area contributed by atoms with E-state index in [0.29, 0.717) is 47.0 Å². The van der Waals surface area contributed by atoms with E-state index in [1.165, 1.54) is 33.0 Å². The zero-order chi connectivity index (χ0) is 55.4. The van der Waals surface area contributed by atoms with E-state index in [1.807, 2.05) is 96.9 Å². The molecule has 0 amide bonds. The number of aliphatic imine (C=N–C) groups is 2. The summed E-state index contributed by atoms with van der Waals surface area (Å²) in [5.74, 6) is -0.136. The van der Waals surface area contributed by atoms with E-state index >= 15 is 0 Å². The Kier molecular flexibility index (Phi) is 19.3. The molecule has 6 aromatic rings. The summed E-state index contributed by atoms with van der Waals surface area (Å²) >= 11 is 0. The number of carboxylic acid groups (broad SMARTS) is 2. The number of benzene rings is 6. The first kappa shape index (κ1) is 60.7. The Hall–Kier alpha value is -6.85. The Morgan fingerprint density at radius 1 is 0.507 bits per heavy atom. The number of carbonyl (C=O) groups is 2. The number of ether oxygens (including phenoxy) is 4. The molecular weight excluding hydrogens is 991 g/mol. The van der Waals surface area contributed by atoms with E-state index in [2.05, 4.69) is 100 Å². The van der Waals surface area contributed by atoms with Crippen LogP contribution in [0.1, 0.15) is 153 Å². The molecule has 7 rings (SSSR count). The molecule has 0 aromatic heterocycles. The zero-order valence-corrected chi connectivity index (χ0v) is 47.9. The van der Waals surface area contributed by atoms with Gasteiger partial charge in [0.1, 0.15) is 23.0 Å². The summed E-state index contributed by atoms with van der Waals surface area (Å²) in [5.41, 5.74) is 11.0. The molecule has 0 spiro atoms. The fourth-order valence-electron chi connectivity index (χ4n) is 9.09. The molecule has 13 heteroatoms. The van der Waals surface area contributed by atoms with Gasteiger partial charge in [-0.05, 0) is 114 Å². The van der Waals surface area contributed by atoms with Crippen molar-refractivity contribution in [2.75, 3.05) is 13.2 Å². The van der Waals surface area contributed by atoms with Gasteiger partial charge in [0.25, 0.3) is 0 Å². The van der Waals surface area contributed by atoms with E-state index in [-0.39, 0.29) is 28.0 Å². The number of hydrogen-bond donors (Lipinski definition) is 2. The first-order chi connectivity index (χ1) is 34.3. The second-order valence-electron chi connectivity index (χ2n) is 22.6. The normalized spacial score (nSPS) is 13.3. The smallest absolute Gasteiger partial charge is 0.870 e. The summed E-state index contributed by atoms with van der Waals surface area (Å²) in [5, 5.41) is 46.1. The van der Waals surface area contributed by atoms with Crippen molar-refractivity contribution >= 4 is 45.9 Å². The number of rotatable bonds is 8. The Morgan fingerprint density at radius 3 is 1.08 bits per heavy atom. The molecule has 0 saturated heterocycles. The maximum Gasteiger partial charge on any atom is 2.00 e. The van der Waals surface area contributed by atoms with Crippen molar-refractivity contribution in [3.8, 4) is 34.5 Å². The fourth-order valence-corrected chi connectivity index (χ4v) is 9.09. The van der Waals surface area contributed by atoms with Crippen LogP contribution in [0.4, 0.5) is 21.0 Å². The summed E-state index contributed by atoms with van der Waals surface area (Å²) in [6.07, 6.45) is -2.99. The minimum absolute atomic E-state index is 0. The van der Waals surface area contributed by atoms with E-state index in [9.17, 15) is 19.8 Å². The van der Waals surface area contributed by atoms with Crippen LogP contribution >= 0.6 is 0 Å². The van der Waals surface area contributed by atoms with Crippen molar-refractivity contribution in [2.24, 2.45) is 9.98 Å². The average Bonchev–Trinajstić information content (AvgIpc) is 3.56. The van der Waals surface area contributed by atoms with E-state index in [0.717, 1.165) is 33.9 Å². The molecule has 0 fully saturated rings. The molecule has 0 aliphatic heterocycles. The number of hydrogen-bond acceptors (Lipinski definition) is 10. The topological polar surface area (TPSA) is 182 Å². The van der Waals surface area contributed by atoms with Gasteiger partial charge in [0.15, 0.2) is 0 Å². The van der Waals surface area contributed by atoms with Gasteiger partial charge in [0, 0.05) is 27.6 Å². The van der Waals surface area contributed by atoms with Crippen molar-refractivity contribution in [1.29, 1.82) is 0 Å². The van der Waals surface area contributed by atoms with Crippen LogP contribution in [0.2, 0.25) is 0 Å². The standard InChI is InChI=1S/C28H24N2.2C17H26O5.Ni/c1-17-9-5-10-18(2)25(17)29-27-22-15-7-13-21-14-8-16-23(24(21)22)28(27)30-26-19(3)11-6-12-20(26)4;2*1-8-21-11-9-10(16(2,3)4)14(22-15(19)20)13(18)12(11)17(5,6)7;/h5-16H,1-4H3;2*9,18H,8H2,1-7H3,(H,19,20);/q;;;+2/p-2. The summed E-state index contributed by atoms with van der Waals surface area (Å²) < 4.78 is 20.9. The van der Waals surface area contributed by atoms with Crippen LogP contribution < -0.4 is 29.2 Å². The zero-order valence-electron chi connectivity index (χ0n) is 46.9. The summed E-state index contributed by atoms with van der Waals surface area (Å²) in [6.45, 7) is 35.7. The van der Waals surface area contributed by atoms with Gasteiger partial charge in [-0.3, -0.25) is 0 Å². The SMILES string of the molecule is CCOc1cc(C(C)(C)C)c(OC(=O)O)c([O-])c1C(C)(C)C.CCOc1cc(C(C)(C)C)c(OC(=O)O)c([O-])c1C(C)(C)C.Cc1cccc(C)c1N=C1C(=Nc2c(C)cccc2C)c2cccc3cccc1c23.[Ni+2]. The average molecular weight is 1070 g/mol. The second-order valence-corrected chi connectivity index (χ2v) is 22.6. The predicted molar refractivity (Wildman–Crippen MR) is 294 cm³/mol. The molecule has 12 nitrogen and oxygen atoms in total. The molecule has 0 heterocycles. The summed E-state index contributed by atoms with van der Waals surface area (Å²) in [6, 6.07) is 29.0. The molecule has 75 heavy (non-hydrogen) atoms. The monoisotopic (exact) mass is 1060 g/mol. The molecule has 0 saturated carbocycles. The van der Waals surface area contributed by atoms with Crippen molar-refractivity contribution in [2.45, 2.75) is 146 Å². The van der Waals surface area contributed by atoms with Gasteiger partial charge in [0.05, 0.1) is 36.0 Å². The van der Waals surface area contributed by atoms with Crippen molar-refractivity contribution < 1.29 is 65.5 Å². The van der Waals surface area contributed by atoms with Crippen LogP contribution in [0, 0.1) is 27.7 Å². The van der Waals surface area contributed by atoms with Crippen LogP contribution in [-0.2, 0) is 38.2 Å². The predicted octanol–water partition coefficient (Wildman–Crippen LogP) is 14.9. The molecule has 0 bridgehead atoms. The molecule has 1 aliphatic rings. The molecule has 402 valence electrons. The Balaban J connectivity index is 0.000000247. The van der Waals surface area contributed by atoms with Crippen LogP contribution in [0.15, 0.2) is 94.9 Å². The molecule has 1 aliphatic carbocycles. The molecule has 6 aromatic carbocycles. The first-order valence-corrected chi connectivity index (χ1v) is 25.0. The molecule has 0 radical (unpaired) electrons. The van der Waals surface area contributed by atoms with Gasteiger partial charge in [0.2, 0.25) is 0 Å².